The zero-order valence-electron chi connectivity index (χ0n) is 16.3. The summed E-state index contributed by atoms with van der Waals surface area (Å²) in [5.41, 5.74) is 0.853. The summed E-state index contributed by atoms with van der Waals surface area (Å²) < 4.78 is 10.7. The zero-order chi connectivity index (χ0) is 19.6. The van der Waals surface area contributed by atoms with Gasteiger partial charge in [-0.3, -0.25) is 4.79 Å². The van der Waals surface area contributed by atoms with Gasteiger partial charge < -0.3 is 19.5 Å². The van der Waals surface area contributed by atoms with Gasteiger partial charge in [-0.25, -0.2) is 4.79 Å². The van der Waals surface area contributed by atoms with Gasteiger partial charge in [0.2, 0.25) is 5.91 Å². The molecular weight excluding hydrogens is 366 g/mol. The van der Waals surface area contributed by atoms with E-state index in [1.165, 1.54) is 11.3 Å². The Balaban J connectivity index is 1.93. The van der Waals surface area contributed by atoms with Crippen LogP contribution in [0.5, 0.6) is 0 Å². The van der Waals surface area contributed by atoms with Crippen molar-refractivity contribution in [2.75, 3.05) is 24.9 Å². The summed E-state index contributed by atoms with van der Waals surface area (Å²) in [5, 5.41) is 9.77. The van der Waals surface area contributed by atoms with Crippen molar-refractivity contribution in [3.8, 4) is 0 Å². The van der Waals surface area contributed by atoms with Crippen molar-refractivity contribution < 1.29 is 24.2 Å². The van der Waals surface area contributed by atoms with Gasteiger partial charge >= 0.3 is 5.97 Å². The molecule has 1 aliphatic carbocycles. The number of ether oxygens (including phenoxy) is 2. The van der Waals surface area contributed by atoms with Crippen LogP contribution in [0.25, 0.3) is 0 Å². The number of hydrogen-bond acceptors (Lipinski definition) is 5. The van der Waals surface area contributed by atoms with Crippen molar-refractivity contribution in [1.29, 1.82) is 0 Å². The molecule has 27 heavy (non-hydrogen) atoms. The minimum absolute atomic E-state index is 0.106. The number of nitrogens with zero attached hydrogens (tertiary/aromatic N) is 1. The third kappa shape index (κ3) is 4.52. The van der Waals surface area contributed by atoms with Crippen LogP contribution >= 0.6 is 11.3 Å². The zero-order valence-corrected chi connectivity index (χ0v) is 17.1. The fourth-order valence-electron chi connectivity index (χ4n) is 3.95. The molecule has 1 N–H and O–H groups in total. The van der Waals surface area contributed by atoms with Gasteiger partial charge in [-0.1, -0.05) is 20.8 Å². The molecule has 1 amide bonds. The third-order valence-electron chi connectivity index (χ3n) is 5.65. The summed E-state index contributed by atoms with van der Waals surface area (Å²) in [7, 11) is 0. The lowest BCUT2D eigenvalue weighted by atomic mass is 9.73. The van der Waals surface area contributed by atoms with Gasteiger partial charge in [-0.05, 0) is 43.1 Å². The second kappa shape index (κ2) is 8.29. The smallest absolute Gasteiger partial charge is 0.348 e. The van der Waals surface area contributed by atoms with Crippen LogP contribution < -0.4 is 4.90 Å². The molecule has 150 valence electrons. The Bertz CT molecular complexity index is 683. The summed E-state index contributed by atoms with van der Waals surface area (Å²) >= 11 is 1.32. The van der Waals surface area contributed by atoms with Crippen LogP contribution in [0.3, 0.4) is 0 Å². The van der Waals surface area contributed by atoms with Crippen molar-refractivity contribution in [3.63, 3.8) is 0 Å². The highest BCUT2D eigenvalue weighted by Gasteiger charge is 2.34. The molecule has 7 heteroatoms. The van der Waals surface area contributed by atoms with Crippen LogP contribution in [-0.4, -0.2) is 43.0 Å². The summed E-state index contributed by atoms with van der Waals surface area (Å²) in [4.78, 5) is 27.5. The van der Waals surface area contributed by atoms with E-state index in [0.717, 1.165) is 30.6 Å². The van der Waals surface area contributed by atoms with Crippen LogP contribution in [0.2, 0.25) is 0 Å². The van der Waals surface area contributed by atoms with Gasteiger partial charge in [0, 0.05) is 11.3 Å². The Kier molecular flexibility index (Phi) is 6.23. The van der Waals surface area contributed by atoms with E-state index in [1.54, 1.807) is 11.8 Å². The fourth-order valence-corrected chi connectivity index (χ4v) is 5.10. The van der Waals surface area contributed by atoms with Crippen molar-refractivity contribution in [2.24, 2.45) is 5.41 Å². The highest BCUT2D eigenvalue weighted by atomic mass is 32.1. The number of anilines is 1. The molecule has 0 aromatic carbocycles. The van der Waals surface area contributed by atoms with E-state index in [1.807, 2.05) is 6.07 Å². The van der Waals surface area contributed by atoms with E-state index >= 15 is 0 Å². The first-order valence-electron chi connectivity index (χ1n) is 9.67. The lowest BCUT2D eigenvalue weighted by Crippen LogP contribution is -2.48. The van der Waals surface area contributed by atoms with Gasteiger partial charge in [0.15, 0.2) is 0 Å². The van der Waals surface area contributed by atoms with Crippen molar-refractivity contribution >= 4 is 28.9 Å². The average molecular weight is 396 g/mol. The molecule has 1 saturated carbocycles. The molecule has 2 aliphatic rings. The molecule has 0 spiro atoms. The fraction of sp³-hybridized carbons (Fsp3) is 0.700. The predicted octanol–water partition coefficient (Wildman–Crippen LogP) is 4.25. The molecule has 6 nitrogen and oxygen atoms in total. The summed E-state index contributed by atoms with van der Waals surface area (Å²) in [6.45, 7) is 7.29. The number of carbonyl (C=O) groups is 2. The van der Waals surface area contributed by atoms with Crippen molar-refractivity contribution in [3.05, 3.63) is 15.8 Å². The molecule has 0 unspecified atom stereocenters. The molecular formula is C20H29NO5S. The molecule has 0 atom stereocenters. The maximum atomic E-state index is 12.7. The first kappa shape index (κ1) is 20.3. The number of aromatic carboxylic acids is 1. The number of amides is 1. The van der Waals surface area contributed by atoms with Crippen LogP contribution in [0.1, 0.15) is 73.3 Å². The van der Waals surface area contributed by atoms with Gasteiger partial charge in [0.1, 0.15) is 11.7 Å². The van der Waals surface area contributed by atoms with E-state index in [-0.39, 0.29) is 23.6 Å². The molecule has 1 aromatic heterocycles. The van der Waals surface area contributed by atoms with Crippen LogP contribution in [0.15, 0.2) is 6.07 Å². The molecule has 2 heterocycles. The topological polar surface area (TPSA) is 76.1 Å². The third-order valence-corrected chi connectivity index (χ3v) is 6.93. The minimum atomic E-state index is -0.982. The number of carbonyl (C=O) groups excluding carboxylic acids is 1. The second-order valence-electron chi connectivity index (χ2n) is 8.24. The number of rotatable bonds is 5. The first-order valence-corrected chi connectivity index (χ1v) is 10.5. The van der Waals surface area contributed by atoms with Crippen LogP contribution in [0, 0.1) is 5.41 Å². The van der Waals surface area contributed by atoms with Gasteiger partial charge in [-0.15, -0.1) is 11.3 Å². The lowest BCUT2D eigenvalue weighted by molar-refractivity contribution is -0.127. The Morgan fingerprint density at radius 2 is 1.89 bits per heavy atom. The molecule has 0 radical (unpaired) electrons. The summed E-state index contributed by atoms with van der Waals surface area (Å²) in [6, 6.07) is 1.64. The summed E-state index contributed by atoms with van der Waals surface area (Å²) in [5.74, 6) is -0.720. The first-order chi connectivity index (χ1) is 12.8. The molecule has 3 rings (SSSR count). The minimum Gasteiger partial charge on any atom is -0.477 e. The molecule has 1 saturated heterocycles. The number of carboxylic acids is 1. The van der Waals surface area contributed by atoms with Gasteiger partial charge in [0.25, 0.3) is 0 Å². The monoisotopic (exact) mass is 395 g/mol. The Labute approximate surface area is 164 Å². The highest BCUT2D eigenvalue weighted by Crippen LogP contribution is 2.46. The molecule has 1 aliphatic heterocycles. The number of hydrogen-bond donors (Lipinski definition) is 1. The van der Waals surface area contributed by atoms with E-state index in [9.17, 15) is 14.7 Å². The lowest BCUT2D eigenvalue weighted by Gasteiger charge is -2.34. The highest BCUT2D eigenvalue weighted by molar-refractivity contribution is 7.14. The van der Waals surface area contributed by atoms with Gasteiger partial charge in [0.05, 0.1) is 24.9 Å². The largest absolute Gasteiger partial charge is 0.477 e. The van der Waals surface area contributed by atoms with Crippen molar-refractivity contribution in [2.45, 2.75) is 64.8 Å². The second-order valence-corrected chi connectivity index (χ2v) is 9.32. The number of carboxylic acid groups (broad SMARTS) is 1. The summed E-state index contributed by atoms with van der Waals surface area (Å²) in [6.07, 6.45) is 4.69. The molecule has 0 bridgehead atoms. The molecule has 1 aromatic rings. The predicted molar refractivity (Wildman–Crippen MR) is 105 cm³/mol. The van der Waals surface area contributed by atoms with Crippen LogP contribution in [0.4, 0.5) is 5.69 Å². The maximum absolute atomic E-state index is 12.7. The standard InChI is InChI=1S/C20H29NO5S/c1-4-17(22)21(14-10-25-12-26-11-14)15-9-16(27-18(15)19(23)24)13-5-7-20(2,3)8-6-13/h9,13-14H,4-8,10-12H2,1-3H3,(H,23,24). The SMILES string of the molecule is CCC(=O)N(c1cc(C2CCC(C)(C)CC2)sc1C(=O)O)C1COCOC1. The van der Waals surface area contributed by atoms with Crippen LogP contribution in [-0.2, 0) is 14.3 Å². The Hall–Kier alpha value is -1.44. The average Bonchev–Trinajstić information content (AvgIpc) is 3.07. The van der Waals surface area contributed by atoms with E-state index in [4.69, 9.17) is 9.47 Å². The van der Waals surface area contributed by atoms with E-state index < -0.39 is 5.97 Å². The van der Waals surface area contributed by atoms with E-state index in [2.05, 4.69) is 13.8 Å². The van der Waals surface area contributed by atoms with E-state index in [0.29, 0.717) is 36.7 Å². The Morgan fingerprint density at radius 3 is 2.44 bits per heavy atom. The maximum Gasteiger partial charge on any atom is 0.348 e. The Morgan fingerprint density at radius 1 is 1.26 bits per heavy atom. The van der Waals surface area contributed by atoms with Gasteiger partial charge in [-0.2, -0.15) is 0 Å². The normalized spacial score (nSPS) is 21.1. The van der Waals surface area contributed by atoms with Crippen molar-refractivity contribution in [1.82, 2.24) is 0 Å². The molecule has 2 fully saturated rings. The quantitative estimate of drug-likeness (QED) is 0.807. The number of thiophene rings is 1.